The molecule has 2 heteroatoms. The Morgan fingerprint density at radius 2 is 1.93 bits per heavy atom. The predicted molar refractivity (Wildman–Crippen MR) is 59.3 cm³/mol. The fourth-order valence-electron chi connectivity index (χ4n) is 2.14. The van der Waals surface area contributed by atoms with Crippen molar-refractivity contribution in [3.8, 4) is 0 Å². The summed E-state index contributed by atoms with van der Waals surface area (Å²) in [4.78, 5) is 14.4. The van der Waals surface area contributed by atoms with Crippen molar-refractivity contribution < 1.29 is 4.79 Å². The molecule has 1 saturated heterocycles. The number of likely N-dealkylation sites (tertiary alicyclic amines) is 1. The van der Waals surface area contributed by atoms with Crippen LogP contribution in [0.2, 0.25) is 0 Å². The molecule has 82 valence electrons. The SMILES string of the molecule is CC1CC(C(=O)C(C)(C)C)CCN1C. The van der Waals surface area contributed by atoms with E-state index in [2.05, 4.69) is 18.9 Å². The number of ketones is 1. The highest BCUT2D eigenvalue weighted by molar-refractivity contribution is 5.86. The normalized spacial score (nSPS) is 30.4. The van der Waals surface area contributed by atoms with Crippen LogP contribution in [0.1, 0.15) is 40.5 Å². The summed E-state index contributed by atoms with van der Waals surface area (Å²) in [5.74, 6) is 0.735. The summed E-state index contributed by atoms with van der Waals surface area (Å²) in [7, 11) is 2.14. The van der Waals surface area contributed by atoms with E-state index in [1.807, 2.05) is 20.8 Å². The Morgan fingerprint density at radius 1 is 1.36 bits per heavy atom. The molecule has 0 spiro atoms. The van der Waals surface area contributed by atoms with E-state index in [0.29, 0.717) is 17.7 Å². The lowest BCUT2D eigenvalue weighted by molar-refractivity contribution is -0.132. The number of rotatable bonds is 1. The third-order valence-corrected chi connectivity index (χ3v) is 3.32. The molecule has 1 heterocycles. The van der Waals surface area contributed by atoms with E-state index in [-0.39, 0.29) is 5.41 Å². The molecule has 2 unspecified atom stereocenters. The molecule has 0 radical (unpaired) electrons. The number of hydrogen-bond acceptors (Lipinski definition) is 2. The summed E-state index contributed by atoms with van der Waals surface area (Å²) < 4.78 is 0. The molecule has 2 nitrogen and oxygen atoms in total. The zero-order chi connectivity index (χ0) is 10.9. The van der Waals surface area contributed by atoms with Crippen molar-refractivity contribution in [3.63, 3.8) is 0 Å². The van der Waals surface area contributed by atoms with Gasteiger partial charge in [0, 0.05) is 17.4 Å². The summed E-state index contributed by atoms with van der Waals surface area (Å²) in [5.41, 5.74) is -0.166. The monoisotopic (exact) mass is 197 g/mol. The predicted octanol–water partition coefficient (Wildman–Crippen LogP) is 2.33. The van der Waals surface area contributed by atoms with Gasteiger partial charge in [0.05, 0.1) is 0 Å². The lowest BCUT2D eigenvalue weighted by Crippen LogP contribution is -2.42. The van der Waals surface area contributed by atoms with Gasteiger partial charge in [0.2, 0.25) is 0 Å². The van der Waals surface area contributed by atoms with E-state index < -0.39 is 0 Å². The smallest absolute Gasteiger partial charge is 0.141 e. The second-order valence-electron chi connectivity index (χ2n) is 5.67. The van der Waals surface area contributed by atoms with Gasteiger partial charge in [0.25, 0.3) is 0 Å². The quantitative estimate of drug-likeness (QED) is 0.643. The van der Waals surface area contributed by atoms with E-state index in [9.17, 15) is 4.79 Å². The molecule has 1 aliphatic rings. The summed E-state index contributed by atoms with van der Waals surface area (Å²) in [6.07, 6.45) is 2.07. The third kappa shape index (κ3) is 2.57. The topological polar surface area (TPSA) is 20.3 Å². The van der Waals surface area contributed by atoms with Crippen LogP contribution in [0.3, 0.4) is 0 Å². The first kappa shape index (κ1) is 11.7. The molecule has 1 aliphatic heterocycles. The Morgan fingerprint density at radius 3 is 2.36 bits per heavy atom. The number of piperidine rings is 1. The van der Waals surface area contributed by atoms with Crippen molar-refractivity contribution in [2.45, 2.75) is 46.6 Å². The molecule has 0 bridgehead atoms. The average Bonchev–Trinajstić information content (AvgIpc) is 2.07. The molecular weight excluding hydrogens is 174 g/mol. The van der Waals surface area contributed by atoms with Crippen molar-refractivity contribution in [3.05, 3.63) is 0 Å². The number of carbonyl (C=O) groups is 1. The van der Waals surface area contributed by atoms with Crippen molar-refractivity contribution in [1.82, 2.24) is 4.90 Å². The summed E-state index contributed by atoms with van der Waals surface area (Å²) in [6.45, 7) is 9.35. The van der Waals surface area contributed by atoms with Crippen LogP contribution in [-0.2, 0) is 4.79 Å². The van der Waals surface area contributed by atoms with Gasteiger partial charge in [0.15, 0.2) is 0 Å². The number of hydrogen-bond donors (Lipinski definition) is 0. The Labute approximate surface area is 87.7 Å². The number of nitrogens with zero attached hydrogens (tertiary/aromatic N) is 1. The van der Waals surface area contributed by atoms with E-state index in [1.54, 1.807) is 0 Å². The molecule has 0 amide bonds. The summed E-state index contributed by atoms with van der Waals surface area (Å²) >= 11 is 0. The van der Waals surface area contributed by atoms with Crippen molar-refractivity contribution in [2.24, 2.45) is 11.3 Å². The molecule has 0 aromatic heterocycles. The second-order valence-corrected chi connectivity index (χ2v) is 5.67. The molecule has 1 rings (SSSR count). The van der Waals surface area contributed by atoms with Crippen molar-refractivity contribution >= 4 is 5.78 Å². The van der Waals surface area contributed by atoms with Crippen LogP contribution in [0, 0.1) is 11.3 Å². The molecule has 1 fully saturated rings. The van der Waals surface area contributed by atoms with Gasteiger partial charge >= 0.3 is 0 Å². The van der Waals surface area contributed by atoms with Gasteiger partial charge in [-0.1, -0.05) is 20.8 Å². The van der Waals surface area contributed by atoms with E-state index in [0.717, 1.165) is 19.4 Å². The highest BCUT2D eigenvalue weighted by Crippen LogP contribution is 2.29. The Bertz CT molecular complexity index is 217. The maximum Gasteiger partial charge on any atom is 0.141 e. The standard InChI is InChI=1S/C12H23NO/c1-9-8-10(6-7-13(9)5)11(14)12(2,3)4/h9-10H,6-8H2,1-5H3. The van der Waals surface area contributed by atoms with Gasteiger partial charge in [-0.25, -0.2) is 0 Å². The van der Waals surface area contributed by atoms with Crippen LogP contribution in [0.4, 0.5) is 0 Å². The van der Waals surface area contributed by atoms with Gasteiger partial charge in [-0.15, -0.1) is 0 Å². The van der Waals surface area contributed by atoms with Crippen LogP contribution in [0.5, 0.6) is 0 Å². The van der Waals surface area contributed by atoms with Crippen molar-refractivity contribution in [1.29, 1.82) is 0 Å². The average molecular weight is 197 g/mol. The van der Waals surface area contributed by atoms with Gasteiger partial charge in [0.1, 0.15) is 5.78 Å². The lowest BCUT2D eigenvalue weighted by Gasteiger charge is -2.36. The second kappa shape index (κ2) is 4.01. The summed E-state index contributed by atoms with van der Waals surface area (Å²) in [6, 6.07) is 0.556. The third-order valence-electron chi connectivity index (χ3n) is 3.32. The fraction of sp³-hybridized carbons (Fsp3) is 0.917. The van der Waals surface area contributed by atoms with Gasteiger partial charge in [-0.05, 0) is 33.4 Å². The molecule has 2 atom stereocenters. The number of Topliss-reactive ketones (excluding diaryl/α,β-unsaturated/α-hetero) is 1. The van der Waals surface area contributed by atoms with Gasteiger partial charge < -0.3 is 4.90 Å². The van der Waals surface area contributed by atoms with E-state index >= 15 is 0 Å². The first-order valence-corrected chi connectivity index (χ1v) is 5.57. The van der Waals surface area contributed by atoms with Crippen molar-refractivity contribution in [2.75, 3.05) is 13.6 Å². The van der Waals surface area contributed by atoms with Gasteiger partial charge in [-0.2, -0.15) is 0 Å². The lowest BCUT2D eigenvalue weighted by atomic mass is 9.77. The fourth-order valence-corrected chi connectivity index (χ4v) is 2.14. The maximum atomic E-state index is 12.1. The largest absolute Gasteiger partial charge is 0.304 e. The zero-order valence-corrected chi connectivity index (χ0v) is 10.1. The highest BCUT2D eigenvalue weighted by Gasteiger charge is 2.33. The minimum atomic E-state index is -0.166. The van der Waals surface area contributed by atoms with E-state index in [4.69, 9.17) is 0 Å². The van der Waals surface area contributed by atoms with Crippen LogP contribution in [-0.4, -0.2) is 30.3 Å². The molecule has 0 saturated carbocycles. The Hall–Kier alpha value is -0.370. The minimum Gasteiger partial charge on any atom is -0.304 e. The van der Waals surface area contributed by atoms with Crippen LogP contribution in [0.25, 0.3) is 0 Å². The first-order valence-electron chi connectivity index (χ1n) is 5.57. The molecule has 0 N–H and O–H groups in total. The molecular formula is C12H23NO. The summed E-state index contributed by atoms with van der Waals surface area (Å²) in [5, 5.41) is 0. The molecule has 0 aliphatic carbocycles. The van der Waals surface area contributed by atoms with E-state index in [1.165, 1.54) is 0 Å². The van der Waals surface area contributed by atoms with Crippen LogP contribution < -0.4 is 0 Å². The first-order chi connectivity index (χ1) is 6.32. The minimum absolute atomic E-state index is 0.166. The number of carbonyl (C=O) groups excluding carboxylic acids is 1. The molecule has 0 aromatic carbocycles. The zero-order valence-electron chi connectivity index (χ0n) is 10.1. The Kier molecular flexibility index (Phi) is 3.36. The van der Waals surface area contributed by atoms with Crippen LogP contribution in [0.15, 0.2) is 0 Å². The highest BCUT2D eigenvalue weighted by atomic mass is 16.1. The molecule has 0 aromatic rings. The maximum absolute atomic E-state index is 12.1. The molecule has 14 heavy (non-hydrogen) atoms. The Balaban J connectivity index is 2.59. The van der Waals surface area contributed by atoms with Crippen LogP contribution >= 0.6 is 0 Å². The van der Waals surface area contributed by atoms with Gasteiger partial charge in [-0.3, -0.25) is 4.79 Å².